The van der Waals surface area contributed by atoms with Gasteiger partial charge in [0.05, 0.1) is 6.61 Å². The van der Waals surface area contributed by atoms with Crippen LogP contribution in [0.3, 0.4) is 0 Å². The molecule has 1 unspecified atom stereocenters. The molecule has 0 aliphatic heterocycles. The monoisotopic (exact) mass is 247 g/mol. The van der Waals surface area contributed by atoms with Gasteiger partial charge in [-0.05, 0) is 18.9 Å². The third-order valence-electron chi connectivity index (χ3n) is 2.25. The molecule has 0 saturated heterocycles. The van der Waals surface area contributed by atoms with Gasteiger partial charge < -0.3 is 5.32 Å². The molecule has 0 spiro atoms. The average Bonchev–Trinajstić information content (AvgIpc) is 2.25. The minimum atomic E-state index is -4.54. The van der Waals surface area contributed by atoms with Gasteiger partial charge in [-0.25, -0.2) is 0 Å². The van der Waals surface area contributed by atoms with E-state index in [2.05, 4.69) is 10.1 Å². The fraction of sp³-hybridized carbons (Fsp3) is 0.500. The van der Waals surface area contributed by atoms with Crippen molar-refractivity contribution < 1.29 is 17.9 Å². The Bertz CT molecular complexity index is 313. The molecule has 0 bridgehead atoms. The Morgan fingerprint density at radius 3 is 2.47 bits per heavy atom. The van der Waals surface area contributed by atoms with E-state index in [0.717, 1.165) is 12.0 Å². The molecule has 1 aromatic rings. The number of nitrogens with one attached hydrogen (secondary N) is 1. The van der Waals surface area contributed by atoms with E-state index in [-0.39, 0.29) is 19.2 Å². The van der Waals surface area contributed by atoms with E-state index in [0.29, 0.717) is 0 Å². The Kier molecular flexibility index (Phi) is 5.44. The van der Waals surface area contributed by atoms with Crippen LogP contribution in [0, 0.1) is 0 Å². The third kappa shape index (κ3) is 6.97. The molecule has 0 aromatic heterocycles. The molecule has 96 valence electrons. The second kappa shape index (κ2) is 6.61. The molecule has 1 atom stereocenters. The van der Waals surface area contributed by atoms with Gasteiger partial charge in [0.15, 0.2) is 0 Å². The van der Waals surface area contributed by atoms with Crippen LogP contribution in [-0.2, 0) is 11.2 Å². The Labute approximate surface area is 98.8 Å². The summed E-state index contributed by atoms with van der Waals surface area (Å²) in [7, 11) is 0. The highest BCUT2D eigenvalue weighted by molar-refractivity contribution is 5.15. The predicted molar refractivity (Wildman–Crippen MR) is 59.6 cm³/mol. The van der Waals surface area contributed by atoms with Gasteiger partial charge in [0.2, 0.25) is 0 Å². The molecule has 2 nitrogen and oxygen atoms in total. The van der Waals surface area contributed by atoms with Crippen molar-refractivity contribution in [1.82, 2.24) is 5.32 Å². The average molecular weight is 247 g/mol. The van der Waals surface area contributed by atoms with E-state index in [1.54, 1.807) is 0 Å². The number of rotatable bonds is 6. The first-order valence-corrected chi connectivity index (χ1v) is 5.45. The van der Waals surface area contributed by atoms with Crippen LogP contribution in [0.5, 0.6) is 0 Å². The Hall–Kier alpha value is -1.07. The molecule has 1 aromatic carbocycles. The molecule has 17 heavy (non-hydrogen) atoms. The van der Waals surface area contributed by atoms with E-state index < -0.39 is 6.36 Å². The highest BCUT2D eigenvalue weighted by Crippen LogP contribution is 2.15. The molecule has 0 fully saturated rings. The quantitative estimate of drug-likeness (QED) is 0.780. The van der Waals surface area contributed by atoms with Crippen molar-refractivity contribution in [3.63, 3.8) is 0 Å². The van der Waals surface area contributed by atoms with Crippen LogP contribution in [0.2, 0.25) is 0 Å². The van der Waals surface area contributed by atoms with Gasteiger partial charge in [-0.2, -0.15) is 0 Å². The maximum Gasteiger partial charge on any atom is 0.522 e. The van der Waals surface area contributed by atoms with E-state index in [9.17, 15) is 13.2 Å². The Morgan fingerprint density at radius 1 is 1.24 bits per heavy atom. The zero-order valence-electron chi connectivity index (χ0n) is 9.63. The molecule has 0 amide bonds. The molecular formula is C12H16F3NO. The maximum absolute atomic E-state index is 11.7. The first kappa shape index (κ1) is 14.0. The van der Waals surface area contributed by atoms with Gasteiger partial charge in [-0.1, -0.05) is 30.3 Å². The van der Waals surface area contributed by atoms with Crippen molar-refractivity contribution in [2.75, 3.05) is 13.2 Å². The topological polar surface area (TPSA) is 21.3 Å². The summed E-state index contributed by atoms with van der Waals surface area (Å²) >= 11 is 0. The number of alkyl halides is 3. The molecule has 1 rings (SSSR count). The first-order valence-electron chi connectivity index (χ1n) is 5.45. The highest BCUT2D eigenvalue weighted by Gasteiger charge is 2.28. The molecule has 0 radical (unpaired) electrons. The highest BCUT2D eigenvalue weighted by atomic mass is 19.4. The minimum absolute atomic E-state index is 0.120. The third-order valence-corrected chi connectivity index (χ3v) is 2.25. The molecule has 0 aliphatic carbocycles. The fourth-order valence-electron chi connectivity index (χ4n) is 1.51. The Morgan fingerprint density at radius 2 is 1.88 bits per heavy atom. The molecular weight excluding hydrogens is 231 g/mol. The zero-order chi connectivity index (χ0) is 12.7. The molecule has 0 saturated carbocycles. The van der Waals surface area contributed by atoms with Gasteiger partial charge in [0.1, 0.15) is 0 Å². The summed E-state index contributed by atoms with van der Waals surface area (Å²) in [6, 6.07) is 9.91. The lowest BCUT2D eigenvalue weighted by molar-refractivity contribution is -0.323. The minimum Gasteiger partial charge on any atom is -0.312 e. The van der Waals surface area contributed by atoms with Crippen LogP contribution in [0.4, 0.5) is 13.2 Å². The van der Waals surface area contributed by atoms with Gasteiger partial charge in [0.25, 0.3) is 0 Å². The lowest BCUT2D eigenvalue weighted by Gasteiger charge is -2.14. The number of hydrogen-bond acceptors (Lipinski definition) is 2. The van der Waals surface area contributed by atoms with Crippen molar-refractivity contribution in [3.05, 3.63) is 35.9 Å². The van der Waals surface area contributed by atoms with Crippen molar-refractivity contribution in [1.29, 1.82) is 0 Å². The second-order valence-electron chi connectivity index (χ2n) is 3.84. The summed E-state index contributed by atoms with van der Waals surface area (Å²) in [5.74, 6) is 0. The second-order valence-corrected chi connectivity index (χ2v) is 3.84. The van der Waals surface area contributed by atoms with Crippen LogP contribution in [0.1, 0.15) is 12.5 Å². The molecule has 5 heteroatoms. The van der Waals surface area contributed by atoms with Gasteiger partial charge >= 0.3 is 6.36 Å². The van der Waals surface area contributed by atoms with Crippen molar-refractivity contribution in [3.8, 4) is 0 Å². The van der Waals surface area contributed by atoms with Gasteiger partial charge in [-0.15, -0.1) is 13.2 Å². The van der Waals surface area contributed by atoms with Crippen LogP contribution < -0.4 is 5.32 Å². The van der Waals surface area contributed by atoms with E-state index in [1.807, 2.05) is 37.3 Å². The van der Waals surface area contributed by atoms with Crippen molar-refractivity contribution in [2.24, 2.45) is 0 Å². The van der Waals surface area contributed by atoms with Crippen molar-refractivity contribution >= 4 is 0 Å². The van der Waals surface area contributed by atoms with Crippen LogP contribution in [0.25, 0.3) is 0 Å². The lowest BCUT2D eigenvalue weighted by atomic mass is 10.1. The van der Waals surface area contributed by atoms with E-state index in [1.165, 1.54) is 0 Å². The molecule has 0 aliphatic rings. The largest absolute Gasteiger partial charge is 0.522 e. The van der Waals surface area contributed by atoms with E-state index >= 15 is 0 Å². The summed E-state index contributed by atoms with van der Waals surface area (Å²) < 4.78 is 38.7. The van der Waals surface area contributed by atoms with Gasteiger partial charge in [-0.3, -0.25) is 4.74 Å². The number of hydrogen-bond donors (Lipinski definition) is 1. The summed E-state index contributed by atoms with van der Waals surface area (Å²) in [5.41, 5.74) is 1.16. The SMILES string of the molecule is CC(Cc1ccccc1)NCCOC(F)(F)F. The summed E-state index contributed by atoms with van der Waals surface area (Å²) in [5, 5.41) is 2.98. The van der Waals surface area contributed by atoms with E-state index in [4.69, 9.17) is 0 Å². The lowest BCUT2D eigenvalue weighted by Crippen LogP contribution is -2.32. The van der Waals surface area contributed by atoms with Crippen LogP contribution >= 0.6 is 0 Å². The standard InChI is InChI=1S/C12H16F3NO/c1-10(9-11-5-3-2-4-6-11)16-7-8-17-12(13,14)15/h2-6,10,16H,7-9H2,1H3. The van der Waals surface area contributed by atoms with Crippen LogP contribution in [0.15, 0.2) is 30.3 Å². The smallest absolute Gasteiger partial charge is 0.312 e. The normalized spacial score (nSPS) is 13.6. The Balaban J connectivity index is 2.16. The first-order chi connectivity index (χ1) is 7.97. The van der Waals surface area contributed by atoms with Gasteiger partial charge in [0, 0.05) is 12.6 Å². The summed E-state index contributed by atoms with van der Waals surface area (Å²) in [6.07, 6.45) is -3.75. The molecule has 1 N–H and O–H groups in total. The fourth-order valence-corrected chi connectivity index (χ4v) is 1.51. The zero-order valence-corrected chi connectivity index (χ0v) is 9.63. The maximum atomic E-state index is 11.7. The van der Waals surface area contributed by atoms with Crippen molar-refractivity contribution in [2.45, 2.75) is 25.7 Å². The number of ether oxygens (including phenoxy) is 1. The number of benzene rings is 1. The molecule has 0 heterocycles. The van der Waals surface area contributed by atoms with Crippen LogP contribution in [-0.4, -0.2) is 25.6 Å². The summed E-state index contributed by atoms with van der Waals surface area (Å²) in [4.78, 5) is 0. The number of halogens is 3. The predicted octanol–water partition coefficient (Wildman–Crippen LogP) is 2.74. The summed E-state index contributed by atoms with van der Waals surface area (Å²) in [6.45, 7) is 1.76.